The molecule has 0 aliphatic heterocycles. The van der Waals surface area contributed by atoms with Crippen molar-refractivity contribution in [3.8, 4) is 40.0 Å². The van der Waals surface area contributed by atoms with Crippen LogP contribution in [0.25, 0.3) is 22.8 Å². The number of carbonyl (C=O) groups is 3. The summed E-state index contributed by atoms with van der Waals surface area (Å²) in [5.74, 6) is -1.17. The highest BCUT2D eigenvalue weighted by molar-refractivity contribution is 5.80. The molecule has 0 N–H and O–H groups in total. The largest absolute Gasteiger partial charge is 0.426 e. The summed E-state index contributed by atoms with van der Waals surface area (Å²) >= 11 is 0. The van der Waals surface area contributed by atoms with Crippen molar-refractivity contribution in [1.29, 1.82) is 0 Å². The molecule has 3 rings (SSSR count). The van der Waals surface area contributed by atoms with E-state index in [1.165, 1.54) is 32.9 Å². The molecule has 0 unspecified atom stereocenters. The van der Waals surface area contributed by atoms with Gasteiger partial charge in [-0.15, -0.1) is 20.4 Å². The van der Waals surface area contributed by atoms with E-state index < -0.39 is 17.9 Å². The minimum Gasteiger partial charge on any atom is -0.426 e. The molecule has 0 aliphatic rings. The molecule has 10 heteroatoms. The average molecular weight is 408 g/mol. The van der Waals surface area contributed by atoms with Gasteiger partial charge in [-0.05, 0) is 24.3 Å². The molecule has 0 spiro atoms. The van der Waals surface area contributed by atoms with Crippen molar-refractivity contribution in [1.82, 2.24) is 20.4 Å². The van der Waals surface area contributed by atoms with Crippen LogP contribution >= 0.6 is 0 Å². The predicted molar refractivity (Wildman–Crippen MR) is 102 cm³/mol. The summed E-state index contributed by atoms with van der Waals surface area (Å²) < 4.78 is 15.5. The number of hydrogen-bond acceptors (Lipinski definition) is 10. The minimum absolute atomic E-state index is 0.0307. The topological polar surface area (TPSA) is 130 Å². The van der Waals surface area contributed by atoms with Gasteiger partial charge in [0.25, 0.3) is 0 Å². The van der Waals surface area contributed by atoms with Crippen LogP contribution in [0, 0.1) is 0 Å². The van der Waals surface area contributed by atoms with Gasteiger partial charge < -0.3 is 14.2 Å². The molecular weight excluding hydrogens is 392 g/mol. The molecule has 0 radical (unpaired) electrons. The normalized spacial score (nSPS) is 10.2. The van der Waals surface area contributed by atoms with Crippen molar-refractivity contribution in [2.45, 2.75) is 20.8 Å². The number of benzene rings is 2. The van der Waals surface area contributed by atoms with E-state index in [-0.39, 0.29) is 34.5 Å². The Labute approximate surface area is 170 Å². The number of nitrogens with zero attached hydrogens (tertiary/aromatic N) is 4. The molecule has 30 heavy (non-hydrogen) atoms. The molecule has 152 valence electrons. The van der Waals surface area contributed by atoms with Crippen molar-refractivity contribution in [3.63, 3.8) is 0 Å². The Kier molecular flexibility index (Phi) is 6.06. The molecule has 0 saturated heterocycles. The quantitative estimate of drug-likeness (QED) is 0.458. The van der Waals surface area contributed by atoms with Crippen LogP contribution in [-0.4, -0.2) is 38.3 Å². The van der Waals surface area contributed by atoms with Crippen LogP contribution < -0.4 is 14.2 Å². The van der Waals surface area contributed by atoms with Gasteiger partial charge in [-0.3, -0.25) is 14.4 Å². The van der Waals surface area contributed by atoms with Crippen LogP contribution in [0.15, 0.2) is 42.5 Å². The van der Waals surface area contributed by atoms with Gasteiger partial charge in [0.1, 0.15) is 22.8 Å². The molecule has 0 bridgehead atoms. The van der Waals surface area contributed by atoms with Crippen LogP contribution in [0.2, 0.25) is 0 Å². The Balaban J connectivity index is 2.06. The second-order valence-electron chi connectivity index (χ2n) is 5.95. The summed E-state index contributed by atoms with van der Waals surface area (Å²) in [4.78, 5) is 34.2. The minimum atomic E-state index is -0.580. The lowest BCUT2D eigenvalue weighted by Gasteiger charge is -2.12. The lowest BCUT2D eigenvalue weighted by atomic mass is 10.1. The molecule has 2 aromatic carbocycles. The number of carbonyl (C=O) groups excluding carboxylic acids is 3. The predicted octanol–water partition coefficient (Wildman–Crippen LogP) is 2.38. The number of rotatable bonds is 5. The van der Waals surface area contributed by atoms with Gasteiger partial charge in [-0.2, -0.15) is 0 Å². The molecule has 0 fully saturated rings. The van der Waals surface area contributed by atoms with Crippen LogP contribution in [0.3, 0.4) is 0 Å². The second kappa shape index (κ2) is 8.86. The Morgan fingerprint density at radius 1 is 0.600 bits per heavy atom. The third kappa shape index (κ3) is 4.79. The first-order valence-corrected chi connectivity index (χ1v) is 8.70. The van der Waals surface area contributed by atoms with E-state index in [9.17, 15) is 14.4 Å². The van der Waals surface area contributed by atoms with Gasteiger partial charge in [0.2, 0.25) is 11.6 Å². The van der Waals surface area contributed by atoms with E-state index in [0.29, 0.717) is 5.56 Å². The first-order chi connectivity index (χ1) is 14.3. The molecule has 0 amide bonds. The molecule has 1 heterocycles. The summed E-state index contributed by atoms with van der Waals surface area (Å²) in [6, 6.07) is 11.2. The highest BCUT2D eigenvalue weighted by Crippen LogP contribution is 2.37. The molecule has 1 aromatic heterocycles. The van der Waals surface area contributed by atoms with Crippen LogP contribution in [-0.2, 0) is 14.4 Å². The zero-order chi connectivity index (χ0) is 21.7. The van der Waals surface area contributed by atoms with E-state index in [0.717, 1.165) is 0 Å². The Morgan fingerprint density at radius 2 is 1.03 bits per heavy atom. The van der Waals surface area contributed by atoms with Crippen molar-refractivity contribution < 1.29 is 28.6 Å². The van der Waals surface area contributed by atoms with Crippen molar-refractivity contribution in [3.05, 3.63) is 42.5 Å². The van der Waals surface area contributed by atoms with Gasteiger partial charge in [0.15, 0.2) is 0 Å². The Morgan fingerprint density at radius 3 is 1.57 bits per heavy atom. The highest BCUT2D eigenvalue weighted by atomic mass is 16.5. The molecule has 10 nitrogen and oxygen atoms in total. The maximum atomic E-state index is 11.5. The van der Waals surface area contributed by atoms with Crippen LogP contribution in [0.4, 0.5) is 0 Å². The number of hydrogen-bond donors (Lipinski definition) is 0. The standard InChI is InChI=1S/C20H16N4O6/c1-11(25)28-15-8-5-4-7-14(15)19-21-23-20(24-22-19)18-16(29-12(2)26)9-6-10-17(18)30-13(3)27/h4-10H,1-3H3. The first-order valence-electron chi connectivity index (χ1n) is 8.70. The van der Waals surface area contributed by atoms with Gasteiger partial charge >= 0.3 is 17.9 Å². The maximum Gasteiger partial charge on any atom is 0.308 e. The second-order valence-corrected chi connectivity index (χ2v) is 5.95. The monoisotopic (exact) mass is 408 g/mol. The number of ether oxygens (including phenoxy) is 3. The van der Waals surface area contributed by atoms with Crippen LogP contribution in [0.5, 0.6) is 17.2 Å². The lowest BCUT2D eigenvalue weighted by Crippen LogP contribution is -2.09. The van der Waals surface area contributed by atoms with Crippen molar-refractivity contribution in [2.75, 3.05) is 0 Å². The smallest absolute Gasteiger partial charge is 0.308 e. The van der Waals surface area contributed by atoms with E-state index in [1.54, 1.807) is 30.3 Å². The summed E-state index contributed by atoms with van der Waals surface area (Å²) in [6.07, 6.45) is 0. The summed E-state index contributed by atoms with van der Waals surface area (Å²) in [5.41, 5.74) is 0.551. The number of aromatic nitrogens is 4. The molecule has 3 aromatic rings. The van der Waals surface area contributed by atoms with Crippen LogP contribution in [0.1, 0.15) is 20.8 Å². The zero-order valence-electron chi connectivity index (χ0n) is 16.3. The van der Waals surface area contributed by atoms with Crippen molar-refractivity contribution >= 4 is 17.9 Å². The zero-order valence-corrected chi connectivity index (χ0v) is 16.3. The van der Waals surface area contributed by atoms with Gasteiger partial charge in [0, 0.05) is 20.8 Å². The fraction of sp³-hybridized carbons (Fsp3) is 0.150. The maximum absolute atomic E-state index is 11.5. The third-order valence-electron chi connectivity index (χ3n) is 3.58. The summed E-state index contributed by atoms with van der Waals surface area (Å²) in [5, 5.41) is 16.1. The molecule has 0 aliphatic carbocycles. The molecule has 0 atom stereocenters. The first kappa shape index (κ1) is 20.5. The van der Waals surface area contributed by atoms with E-state index in [2.05, 4.69) is 20.4 Å². The fourth-order valence-corrected chi connectivity index (χ4v) is 2.54. The molecular formula is C20H16N4O6. The third-order valence-corrected chi connectivity index (χ3v) is 3.58. The number of esters is 3. The SMILES string of the molecule is CC(=O)Oc1ccccc1-c1nnc(-c2c(OC(C)=O)cccc2OC(C)=O)nn1. The average Bonchev–Trinajstić information content (AvgIpc) is 2.68. The van der Waals surface area contributed by atoms with E-state index >= 15 is 0 Å². The molecule has 0 saturated carbocycles. The van der Waals surface area contributed by atoms with E-state index in [1.807, 2.05) is 0 Å². The van der Waals surface area contributed by atoms with Gasteiger partial charge in [0.05, 0.1) is 5.56 Å². The van der Waals surface area contributed by atoms with E-state index in [4.69, 9.17) is 14.2 Å². The van der Waals surface area contributed by atoms with Crippen molar-refractivity contribution in [2.24, 2.45) is 0 Å². The van der Waals surface area contributed by atoms with Gasteiger partial charge in [-0.25, -0.2) is 0 Å². The highest BCUT2D eigenvalue weighted by Gasteiger charge is 2.21. The fourth-order valence-electron chi connectivity index (χ4n) is 2.54. The lowest BCUT2D eigenvalue weighted by molar-refractivity contribution is -0.133. The Hall–Kier alpha value is -4.21. The number of para-hydroxylation sites is 1. The summed E-state index contributed by atoms with van der Waals surface area (Å²) in [6.45, 7) is 3.74. The Bertz CT molecular complexity index is 1080. The van der Waals surface area contributed by atoms with Gasteiger partial charge in [-0.1, -0.05) is 18.2 Å². The summed E-state index contributed by atoms with van der Waals surface area (Å²) in [7, 11) is 0.